The van der Waals surface area contributed by atoms with Crippen molar-refractivity contribution in [2.24, 2.45) is 0 Å². The van der Waals surface area contributed by atoms with Crippen LogP contribution in [0.15, 0.2) is 36.0 Å². The monoisotopic (exact) mass is 452 g/mol. The zero-order valence-electron chi connectivity index (χ0n) is 15.5. The first kappa shape index (κ1) is 21.3. The Bertz CT molecular complexity index is 1030. The van der Waals surface area contributed by atoms with Gasteiger partial charge in [-0.1, -0.05) is 30.1 Å². The minimum atomic E-state index is -0.377. The zero-order chi connectivity index (χ0) is 20.8. The van der Waals surface area contributed by atoms with Crippen LogP contribution in [0.2, 0.25) is 10.0 Å². The second-order valence-electron chi connectivity index (χ2n) is 6.09. The van der Waals surface area contributed by atoms with Crippen LogP contribution in [0.4, 0.5) is 5.69 Å². The number of ether oxygens (including phenoxy) is 1. The Morgan fingerprint density at radius 3 is 2.86 bits per heavy atom. The van der Waals surface area contributed by atoms with E-state index in [0.29, 0.717) is 34.6 Å². The average Bonchev–Trinajstić information content (AvgIpc) is 3.18. The summed E-state index contributed by atoms with van der Waals surface area (Å²) in [4.78, 5) is 35.5. The number of hydrogen-bond acceptors (Lipinski definition) is 6. The van der Waals surface area contributed by atoms with Crippen LogP contribution in [0, 0.1) is 0 Å². The summed E-state index contributed by atoms with van der Waals surface area (Å²) >= 11 is 13.5. The molecule has 0 radical (unpaired) electrons. The van der Waals surface area contributed by atoms with Crippen molar-refractivity contribution in [3.63, 3.8) is 0 Å². The molecule has 0 saturated carbocycles. The van der Waals surface area contributed by atoms with Gasteiger partial charge in [0.2, 0.25) is 11.8 Å². The minimum Gasteiger partial charge on any atom is -0.467 e. The van der Waals surface area contributed by atoms with Crippen LogP contribution in [0.3, 0.4) is 0 Å². The summed E-state index contributed by atoms with van der Waals surface area (Å²) in [5.41, 5.74) is 0.394. The highest BCUT2D eigenvalue weighted by atomic mass is 35.5. The maximum Gasteiger partial charge on any atom is 0.261 e. The second kappa shape index (κ2) is 9.87. The third-order valence-corrected chi connectivity index (χ3v) is 5.33. The van der Waals surface area contributed by atoms with E-state index in [2.05, 4.69) is 15.3 Å². The molecule has 7 nitrogen and oxygen atoms in total. The maximum atomic E-state index is 12.6. The molecular weight excluding hydrogens is 435 g/mol. The Balaban J connectivity index is 1.62. The molecule has 3 rings (SSSR count). The Labute approximate surface area is 181 Å². The Morgan fingerprint density at radius 2 is 2.07 bits per heavy atom. The highest BCUT2D eigenvalue weighted by Crippen LogP contribution is 2.26. The number of anilines is 1. The summed E-state index contributed by atoms with van der Waals surface area (Å²) in [5.74, 6) is -0.351. The molecule has 0 fully saturated rings. The number of fused-ring (bicyclic) bond motifs is 1. The third kappa shape index (κ3) is 5.56. The van der Waals surface area contributed by atoms with Crippen molar-refractivity contribution >= 4 is 62.3 Å². The van der Waals surface area contributed by atoms with Crippen molar-refractivity contribution in [3.8, 4) is 5.88 Å². The van der Waals surface area contributed by atoms with E-state index in [0.717, 1.165) is 10.2 Å². The van der Waals surface area contributed by atoms with Gasteiger partial charge >= 0.3 is 0 Å². The number of rotatable bonds is 8. The van der Waals surface area contributed by atoms with E-state index in [-0.39, 0.29) is 25.0 Å². The number of aromatic nitrogens is 2. The van der Waals surface area contributed by atoms with Gasteiger partial charge in [-0.05, 0) is 36.1 Å². The lowest BCUT2D eigenvalue weighted by Crippen LogP contribution is -2.41. The molecule has 152 valence electrons. The van der Waals surface area contributed by atoms with E-state index in [4.69, 9.17) is 27.9 Å². The number of nitrogens with zero attached hydrogens (tertiary/aromatic N) is 3. The van der Waals surface area contributed by atoms with Crippen molar-refractivity contribution in [2.75, 3.05) is 25.0 Å². The molecule has 0 aliphatic carbocycles. The molecule has 2 heterocycles. The molecule has 2 aromatic heterocycles. The molecule has 0 aliphatic rings. The number of nitrogens with one attached hydrogen (secondary N) is 1. The quantitative estimate of drug-likeness (QED) is 0.551. The first-order valence-electron chi connectivity index (χ1n) is 8.81. The molecule has 3 aromatic rings. The van der Waals surface area contributed by atoms with Gasteiger partial charge < -0.3 is 15.0 Å². The SMILES string of the molecule is CCCN(CC(=O)Nc1cc(Cl)ccc1Cl)C(=O)COc1ncnc2sccc12. The van der Waals surface area contributed by atoms with Crippen LogP contribution in [0.25, 0.3) is 10.2 Å². The molecule has 0 atom stereocenters. The molecule has 10 heteroatoms. The summed E-state index contributed by atoms with van der Waals surface area (Å²) in [6.45, 7) is 1.98. The van der Waals surface area contributed by atoms with Gasteiger partial charge in [-0.15, -0.1) is 11.3 Å². The van der Waals surface area contributed by atoms with Gasteiger partial charge in [0.15, 0.2) is 6.61 Å². The van der Waals surface area contributed by atoms with Gasteiger partial charge in [-0.25, -0.2) is 9.97 Å². The first-order chi connectivity index (χ1) is 14.0. The number of amides is 2. The fourth-order valence-electron chi connectivity index (χ4n) is 2.62. The summed E-state index contributed by atoms with van der Waals surface area (Å²) in [5, 5.41) is 6.12. The minimum absolute atomic E-state index is 0.128. The van der Waals surface area contributed by atoms with E-state index in [1.165, 1.54) is 22.6 Å². The molecule has 0 saturated heterocycles. The molecule has 0 unspecified atom stereocenters. The molecule has 0 bridgehead atoms. The van der Waals surface area contributed by atoms with E-state index < -0.39 is 0 Å². The van der Waals surface area contributed by atoms with Gasteiger partial charge in [0, 0.05) is 11.6 Å². The van der Waals surface area contributed by atoms with E-state index >= 15 is 0 Å². The highest BCUT2D eigenvalue weighted by Gasteiger charge is 2.19. The average molecular weight is 453 g/mol. The summed E-state index contributed by atoms with van der Waals surface area (Å²) < 4.78 is 5.60. The number of thiophene rings is 1. The van der Waals surface area contributed by atoms with Crippen LogP contribution in [-0.4, -0.2) is 46.4 Å². The lowest BCUT2D eigenvalue weighted by atomic mass is 10.3. The van der Waals surface area contributed by atoms with Gasteiger partial charge in [0.25, 0.3) is 5.91 Å². The Morgan fingerprint density at radius 1 is 1.24 bits per heavy atom. The van der Waals surface area contributed by atoms with Crippen molar-refractivity contribution in [1.82, 2.24) is 14.9 Å². The number of benzene rings is 1. The largest absolute Gasteiger partial charge is 0.467 e. The van der Waals surface area contributed by atoms with Crippen LogP contribution in [-0.2, 0) is 9.59 Å². The summed E-state index contributed by atoms with van der Waals surface area (Å²) in [7, 11) is 0. The number of carbonyl (C=O) groups excluding carboxylic acids is 2. The van der Waals surface area contributed by atoms with Crippen molar-refractivity contribution in [1.29, 1.82) is 0 Å². The van der Waals surface area contributed by atoms with E-state index in [9.17, 15) is 9.59 Å². The predicted molar refractivity (Wildman–Crippen MR) is 115 cm³/mol. The van der Waals surface area contributed by atoms with Gasteiger partial charge in [0.05, 0.1) is 22.6 Å². The fourth-order valence-corrected chi connectivity index (χ4v) is 3.68. The maximum absolute atomic E-state index is 12.6. The van der Waals surface area contributed by atoms with Gasteiger partial charge in [-0.2, -0.15) is 0 Å². The first-order valence-corrected chi connectivity index (χ1v) is 10.4. The van der Waals surface area contributed by atoms with Crippen LogP contribution in [0.5, 0.6) is 5.88 Å². The van der Waals surface area contributed by atoms with Crippen LogP contribution < -0.4 is 10.1 Å². The summed E-state index contributed by atoms with van der Waals surface area (Å²) in [6, 6.07) is 6.61. The lowest BCUT2D eigenvalue weighted by molar-refractivity contribution is -0.136. The van der Waals surface area contributed by atoms with Gasteiger partial charge in [-0.3, -0.25) is 9.59 Å². The normalized spacial score (nSPS) is 10.7. The molecule has 1 aromatic carbocycles. The smallest absolute Gasteiger partial charge is 0.261 e. The Kier molecular flexibility index (Phi) is 7.24. The van der Waals surface area contributed by atoms with E-state index in [1.807, 2.05) is 18.4 Å². The van der Waals surface area contributed by atoms with Crippen LogP contribution in [0.1, 0.15) is 13.3 Å². The topological polar surface area (TPSA) is 84.4 Å². The highest BCUT2D eigenvalue weighted by molar-refractivity contribution is 7.16. The lowest BCUT2D eigenvalue weighted by Gasteiger charge is -2.21. The Hall–Kier alpha value is -2.42. The number of carbonyl (C=O) groups is 2. The van der Waals surface area contributed by atoms with Crippen molar-refractivity contribution in [3.05, 3.63) is 46.0 Å². The molecule has 0 spiro atoms. The molecule has 1 N–H and O–H groups in total. The predicted octanol–water partition coefficient (Wildman–Crippen LogP) is 4.25. The zero-order valence-corrected chi connectivity index (χ0v) is 17.9. The van der Waals surface area contributed by atoms with Crippen LogP contribution >= 0.6 is 34.5 Å². The molecule has 0 aliphatic heterocycles. The number of halogens is 2. The summed E-state index contributed by atoms with van der Waals surface area (Å²) in [6.07, 6.45) is 2.09. The van der Waals surface area contributed by atoms with Gasteiger partial charge in [0.1, 0.15) is 11.2 Å². The van der Waals surface area contributed by atoms with E-state index in [1.54, 1.807) is 18.2 Å². The number of hydrogen-bond donors (Lipinski definition) is 1. The second-order valence-corrected chi connectivity index (χ2v) is 7.83. The molecule has 2 amide bonds. The standard InChI is InChI=1S/C19H18Cl2N4O3S/c1-2-6-25(9-16(26)24-15-8-12(20)3-4-14(15)21)17(27)10-28-18-13-5-7-29-19(13)23-11-22-18/h3-5,7-8,11H,2,6,9-10H2,1H3,(H,24,26). The molecular formula is C19H18Cl2N4O3S. The van der Waals surface area contributed by atoms with Crippen molar-refractivity contribution in [2.45, 2.75) is 13.3 Å². The fraction of sp³-hybridized carbons (Fsp3) is 0.263. The van der Waals surface area contributed by atoms with Crippen molar-refractivity contribution < 1.29 is 14.3 Å². The molecule has 29 heavy (non-hydrogen) atoms. The third-order valence-electron chi connectivity index (χ3n) is 3.94.